The van der Waals surface area contributed by atoms with Crippen molar-refractivity contribution in [2.24, 2.45) is 0 Å². The molecule has 1 N–H and O–H groups in total. The summed E-state index contributed by atoms with van der Waals surface area (Å²) < 4.78 is 7.29. The summed E-state index contributed by atoms with van der Waals surface area (Å²) in [4.78, 5) is 14.4. The van der Waals surface area contributed by atoms with Crippen molar-refractivity contribution in [3.05, 3.63) is 64.0 Å². The third-order valence-electron chi connectivity index (χ3n) is 5.11. The number of thioether (sulfide) groups is 1. The van der Waals surface area contributed by atoms with E-state index in [0.717, 1.165) is 54.9 Å². The molecule has 0 spiro atoms. The van der Waals surface area contributed by atoms with Crippen molar-refractivity contribution in [2.75, 3.05) is 31.2 Å². The molecule has 1 aliphatic heterocycles. The molecule has 2 heterocycles. The molecule has 0 amide bonds. The van der Waals surface area contributed by atoms with Crippen molar-refractivity contribution in [3.8, 4) is 11.4 Å². The van der Waals surface area contributed by atoms with Crippen LogP contribution in [0.2, 0.25) is 5.02 Å². The lowest BCUT2D eigenvalue weighted by atomic mass is 10.1. The summed E-state index contributed by atoms with van der Waals surface area (Å²) in [7, 11) is 0. The minimum absolute atomic E-state index is 0.175. The SMILES string of the molecule is CCn1c(S/C(=C/c2ccc(N3CCOCC3)cc2)C(=O)O)nnc1-c1ccc(Cl)cc1. The predicted molar refractivity (Wildman–Crippen MR) is 127 cm³/mol. The van der Waals surface area contributed by atoms with Gasteiger partial charge in [-0.2, -0.15) is 0 Å². The molecule has 3 aromatic rings. The fraction of sp³-hybridized carbons (Fsp3) is 0.261. The Hall–Kier alpha value is -2.81. The molecule has 1 saturated heterocycles. The first kappa shape index (κ1) is 22.4. The van der Waals surface area contributed by atoms with Crippen LogP contribution in [-0.2, 0) is 16.1 Å². The number of nitrogens with zero attached hydrogens (tertiary/aromatic N) is 4. The van der Waals surface area contributed by atoms with Gasteiger partial charge >= 0.3 is 5.97 Å². The van der Waals surface area contributed by atoms with E-state index in [1.54, 1.807) is 18.2 Å². The Balaban J connectivity index is 1.56. The van der Waals surface area contributed by atoms with Crippen LogP contribution in [0, 0.1) is 0 Å². The third-order valence-corrected chi connectivity index (χ3v) is 6.36. The molecule has 166 valence electrons. The third kappa shape index (κ3) is 5.15. The van der Waals surface area contributed by atoms with Crippen molar-refractivity contribution in [2.45, 2.75) is 18.6 Å². The summed E-state index contributed by atoms with van der Waals surface area (Å²) in [5, 5.41) is 19.5. The van der Waals surface area contributed by atoms with Gasteiger partial charge in [0.25, 0.3) is 0 Å². The van der Waals surface area contributed by atoms with Gasteiger partial charge in [-0.25, -0.2) is 4.79 Å². The second-order valence-corrected chi connectivity index (χ2v) is 8.61. The summed E-state index contributed by atoms with van der Waals surface area (Å²) in [6, 6.07) is 15.2. The molecule has 7 nitrogen and oxygen atoms in total. The Labute approximate surface area is 195 Å². The molecule has 32 heavy (non-hydrogen) atoms. The van der Waals surface area contributed by atoms with Crippen LogP contribution in [0.1, 0.15) is 12.5 Å². The minimum atomic E-state index is -1.01. The smallest absolute Gasteiger partial charge is 0.342 e. The van der Waals surface area contributed by atoms with Crippen LogP contribution in [0.15, 0.2) is 58.6 Å². The van der Waals surface area contributed by atoms with E-state index >= 15 is 0 Å². The number of carbonyl (C=O) groups is 1. The highest BCUT2D eigenvalue weighted by Gasteiger charge is 2.18. The van der Waals surface area contributed by atoms with Crippen molar-refractivity contribution in [1.29, 1.82) is 0 Å². The number of morpholine rings is 1. The summed E-state index contributed by atoms with van der Waals surface area (Å²) >= 11 is 7.08. The summed E-state index contributed by atoms with van der Waals surface area (Å²) in [5.74, 6) is -0.336. The van der Waals surface area contributed by atoms with Gasteiger partial charge in [-0.3, -0.25) is 0 Å². The number of carboxylic acid groups (broad SMARTS) is 1. The molecule has 1 aliphatic rings. The van der Waals surface area contributed by atoms with Gasteiger partial charge in [0.15, 0.2) is 11.0 Å². The highest BCUT2D eigenvalue weighted by molar-refractivity contribution is 8.04. The predicted octanol–water partition coefficient (Wildman–Crippen LogP) is 4.67. The topological polar surface area (TPSA) is 80.5 Å². The standard InChI is InChI=1S/C23H23ClN4O3S/c1-2-28-21(17-5-7-18(24)8-6-17)25-26-23(28)32-20(22(29)30)15-16-3-9-19(10-4-16)27-11-13-31-14-12-27/h3-10,15H,2,11-14H2,1H3,(H,29,30)/b20-15+. The zero-order valence-corrected chi connectivity index (χ0v) is 19.1. The molecule has 0 bridgehead atoms. The van der Waals surface area contributed by atoms with Crippen LogP contribution in [0.4, 0.5) is 5.69 Å². The zero-order chi connectivity index (χ0) is 22.5. The Kier molecular flexibility index (Phi) is 7.14. The van der Waals surface area contributed by atoms with E-state index in [-0.39, 0.29) is 4.91 Å². The van der Waals surface area contributed by atoms with Crippen LogP contribution in [0.5, 0.6) is 0 Å². The van der Waals surface area contributed by atoms with Crippen molar-refractivity contribution >= 4 is 41.1 Å². The molecule has 0 unspecified atom stereocenters. The van der Waals surface area contributed by atoms with Crippen LogP contribution < -0.4 is 4.90 Å². The van der Waals surface area contributed by atoms with Gasteiger partial charge < -0.3 is 19.3 Å². The lowest BCUT2D eigenvalue weighted by Crippen LogP contribution is -2.36. The summed E-state index contributed by atoms with van der Waals surface area (Å²) in [6.45, 7) is 5.73. The van der Waals surface area contributed by atoms with Crippen molar-refractivity contribution < 1.29 is 14.6 Å². The van der Waals surface area contributed by atoms with E-state index in [1.165, 1.54) is 0 Å². The number of ether oxygens (including phenoxy) is 1. The number of halogens is 1. The first-order valence-electron chi connectivity index (χ1n) is 10.3. The first-order chi connectivity index (χ1) is 15.5. The van der Waals surface area contributed by atoms with E-state index in [9.17, 15) is 9.90 Å². The van der Waals surface area contributed by atoms with Gasteiger partial charge in [0.2, 0.25) is 0 Å². The van der Waals surface area contributed by atoms with Gasteiger partial charge in [0.1, 0.15) is 4.91 Å². The molecule has 1 fully saturated rings. The van der Waals surface area contributed by atoms with E-state index in [1.807, 2.05) is 47.9 Å². The van der Waals surface area contributed by atoms with Crippen LogP contribution in [-0.4, -0.2) is 52.1 Å². The van der Waals surface area contributed by atoms with Crippen LogP contribution in [0.3, 0.4) is 0 Å². The lowest BCUT2D eigenvalue weighted by molar-refractivity contribution is -0.131. The maximum atomic E-state index is 12.0. The van der Waals surface area contributed by atoms with E-state index in [0.29, 0.717) is 22.5 Å². The molecule has 2 aromatic carbocycles. The van der Waals surface area contributed by atoms with Crippen molar-refractivity contribution in [1.82, 2.24) is 14.8 Å². The van der Waals surface area contributed by atoms with Crippen molar-refractivity contribution in [3.63, 3.8) is 0 Å². The normalized spacial score (nSPS) is 14.6. The molecule has 0 aliphatic carbocycles. The number of benzene rings is 2. The van der Waals surface area contributed by atoms with E-state index in [4.69, 9.17) is 16.3 Å². The number of rotatable bonds is 7. The molecule has 1 aromatic heterocycles. The molecular formula is C23H23ClN4O3S. The maximum absolute atomic E-state index is 12.0. The molecule has 0 atom stereocenters. The largest absolute Gasteiger partial charge is 0.477 e. The van der Waals surface area contributed by atoms with E-state index < -0.39 is 5.97 Å². The summed E-state index contributed by atoms with van der Waals surface area (Å²) in [5.41, 5.74) is 2.79. The van der Waals surface area contributed by atoms with E-state index in [2.05, 4.69) is 15.1 Å². The lowest BCUT2D eigenvalue weighted by Gasteiger charge is -2.28. The molecule has 0 saturated carbocycles. The monoisotopic (exact) mass is 470 g/mol. The highest BCUT2D eigenvalue weighted by Crippen LogP contribution is 2.31. The Morgan fingerprint density at radius 3 is 2.44 bits per heavy atom. The second kappa shape index (κ2) is 10.2. The number of carboxylic acids is 1. The Bertz CT molecular complexity index is 1110. The van der Waals surface area contributed by atoms with Gasteiger partial charge in [-0.05, 0) is 66.7 Å². The molecule has 4 rings (SSSR count). The number of anilines is 1. The Morgan fingerprint density at radius 1 is 1.12 bits per heavy atom. The van der Waals surface area contributed by atoms with Gasteiger partial charge in [0, 0.05) is 35.9 Å². The fourth-order valence-electron chi connectivity index (χ4n) is 3.45. The van der Waals surface area contributed by atoms with Crippen LogP contribution in [0.25, 0.3) is 17.5 Å². The average Bonchev–Trinajstić information content (AvgIpc) is 3.22. The fourth-order valence-corrected chi connectivity index (χ4v) is 4.46. The second-order valence-electron chi connectivity index (χ2n) is 7.16. The quantitative estimate of drug-likeness (QED) is 0.397. The number of hydrogen-bond donors (Lipinski definition) is 1. The molecule has 0 radical (unpaired) electrons. The highest BCUT2D eigenvalue weighted by atomic mass is 35.5. The number of aromatic nitrogens is 3. The number of aliphatic carboxylic acids is 1. The number of hydrogen-bond acceptors (Lipinski definition) is 6. The molecule has 9 heteroatoms. The van der Waals surface area contributed by atoms with Gasteiger partial charge in [0.05, 0.1) is 13.2 Å². The average molecular weight is 471 g/mol. The minimum Gasteiger partial charge on any atom is -0.477 e. The van der Waals surface area contributed by atoms with Gasteiger partial charge in [-0.15, -0.1) is 10.2 Å². The zero-order valence-electron chi connectivity index (χ0n) is 17.6. The maximum Gasteiger partial charge on any atom is 0.342 e. The molecular weight excluding hydrogens is 448 g/mol. The van der Waals surface area contributed by atoms with Gasteiger partial charge in [-0.1, -0.05) is 23.7 Å². The Morgan fingerprint density at radius 2 is 1.81 bits per heavy atom. The first-order valence-corrected chi connectivity index (χ1v) is 11.5. The van der Waals surface area contributed by atoms with Crippen LogP contribution >= 0.6 is 23.4 Å². The summed E-state index contributed by atoms with van der Waals surface area (Å²) in [6.07, 6.45) is 1.66.